The number of rotatable bonds is 7. The van der Waals surface area contributed by atoms with Crippen LogP contribution in [-0.2, 0) is 17.8 Å². The van der Waals surface area contributed by atoms with Crippen LogP contribution in [0, 0.1) is 0 Å². The van der Waals surface area contributed by atoms with Gasteiger partial charge in [-0.2, -0.15) is 0 Å². The van der Waals surface area contributed by atoms with Gasteiger partial charge in [0.2, 0.25) is 0 Å². The van der Waals surface area contributed by atoms with Crippen LogP contribution in [0.2, 0.25) is 0 Å². The van der Waals surface area contributed by atoms with E-state index in [-0.39, 0.29) is 12.1 Å². The molecule has 1 aliphatic rings. The number of hydrogen-bond donors (Lipinski definition) is 1. The van der Waals surface area contributed by atoms with Gasteiger partial charge in [-0.25, -0.2) is 4.79 Å². The molecule has 22 heavy (non-hydrogen) atoms. The molecule has 8 nitrogen and oxygen atoms in total. The third-order valence-corrected chi connectivity index (χ3v) is 4.08. The van der Waals surface area contributed by atoms with Gasteiger partial charge in [0.25, 0.3) is 0 Å². The fourth-order valence-corrected chi connectivity index (χ4v) is 2.65. The number of nitrogens with zero attached hydrogens (tertiary/aromatic N) is 5. The van der Waals surface area contributed by atoms with E-state index in [2.05, 4.69) is 27.5 Å². The first-order chi connectivity index (χ1) is 10.6. The molecule has 1 aromatic heterocycles. The number of carbonyl (C=O) groups excluding carboxylic acids is 1. The van der Waals surface area contributed by atoms with Gasteiger partial charge in [0.05, 0.1) is 6.54 Å². The van der Waals surface area contributed by atoms with Crippen molar-refractivity contribution >= 4 is 6.03 Å². The summed E-state index contributed by atoms with van der Waals surface area (Å²) in [6.45, 7) is 3.84. The zero-order chi connectivity index (χ0) is 15.9. The van der Waals surface area contributed by atoms with Gasteiger partial charge in [-0.05, 0) is 26.4 Å². The lowest BCUT2D eigenvalue weighted by atomic mass is 10.2. The van der Waals surface area contributed by atoms with Gasteiger partial charge in [-0.15, -0.1) is 10.2 Å². The van der Waals surface area contributed by atoms with Crippen molar-refractivity contribution in [3.8, 4) is 0 Å². The first-order valence-corrected chi connectivity index (χ1v) is 7.66. The molecule has 1 aliphatic heterocycles. The Balaban J connectivity index is 1.79. The Morgan fingerprint density at radius 2 is 2.41 bits per heavy atom. The smallest absolute Gasteiger partial charge is 0.317 e. The summed E-state index contributed by atoms with van der Waals surface area (Å²) in [6.07, 6.45) is 3.60. The minimum Gasteiger partial charge on any atom is -0.385 e. The number of amides is 2. The molecule has 2 heterocycles. The van der Waals surface area contributed by atoms with Gasteiger partial charge in [0.1, 0.15) is 6.33 Å². The largest absolute Gasteiger partial charge is 0.385 e. The molecule has 0 spiro atoms. The fraction of sp³-hybridized carbons (Fsp3) is 0.786. The monoisotopic (exact) mass is 310 g/mol. The molecule has 124 valence electrons. The van der Waals surface area contributed by atoms with Crippen LogP contribution in [0.1, 0.15) is 18.7 Å². The number of methoxy groups -OCH3 is 1. The minimum atomic E-state index is -0.0632. The summed E-state index contributed by atoms with van der Waals surface area (Å²) in [6, 6.07) is 0.219. The number of nitrogens with one attached hydrogen (secondary N) is 1. The number of hydrogen-bond acceptors (Lipinski definition) is 5. The molecule has 1 saturated heterocycles. The normalized spacial score (nSPS) is 18.6. The topological polar surface area (TPSA) is 75.5 Å². The van der Waals surface area contributed by atoms with Crippen LogP contribution in [0.25, 0.3) is 0 Å². The zero-order valence-corrected chi connectivity index (χ0v) is 13.7. The fourth-order valence-electron chi connectivity index (χ4n) is 2.65. The SMILES string of the molecule is COCCCn1cnnc1CNC(=O)N(C)C1CCN(C)C1. The van der Waals surface area contributed by atoms with E-state index in [0.29, 0.717) is 13.2 Å². The van der Waals surface area contributed by atoms with Crippen molar-refractivity contribution in [3.05, 3.63) is 12.2 Å². The highest BCUT2D eigenvalue weighted by atomic mass is 16.5. The first-order valence-electron chi connectivity index (χ1n) is 7.66. The summed E-state index contributed by atoms with van der Waals surface area (Å²) in [4.78, 5) is 16.2. The van der Waals surface area contributed by atoms with Crippen molar-refractivity contribution in [2.24, 2.45) is 0 Å². The molecular weight excluding hydrogens is 284 g/mol. The summed E-state index contributed by atoms with van der Waals surface area (Å²) in [5.41, 5.74) is 0. The predicted octanol–water partition coefficient (Wildman–Crippen LogP) is 0.160. The molecule has 0 aliphatic carbocycles. The highest BCUT2D eigenvalue weighted by Crippen LogP contribution is 2.12. The second kappa shape index (κ2) is 8.09. The average Bonchev–Trinajstić information content (AvgIpc) is 3.13. The summed E-state index contributed by atoms with van der Waals surface area (Å²) >= 11 is 0. The zero-order valence-electron chi connectivity index (χ0n) is 13.7. The van der Waals surface area contributed by atoms with Gasteiger partial charge < -0.3 is 24.4 Å². The maximum absolute atomic E-state index is 12.2. The standard InChI is InChI=1S/C14H26N6O2/c1-18-7-5-12(10-18)19(2)14(21)15-9-13-17-16-11-20(13)6-4-8-22-3/h11-12H,4-10H2,1-3H3,(H,15,21). The van der Waals surface area contributed by atoms with Crippen LogP contribution in [0.4, 0.5) is 4.79 Å². The number of likely N-dealkylation sites (N-methyl/N-ethyl adjacent to an activating group) is 2. The third kappa shape index (κ3) is 4.41. The van der Waals surface area contributed by atoms with Crippen LogP contribution in [0.15, 0.2) is 6.33 Å². The molecule has 1 atom stereocenters. The van der Waals surface area contributed by atoms with Crippen LogP contribution in [-0.4, -0.2) is 77.5 Å². The lowest BCUT2D eigenvalue weighted by molar-refractivity contribution is 0.188. The van der Waals surface area contributed by atoms with E-state index in [4.69, 9.17) is 4.74 Å². The molecule has 1 unspecified atom stereocenters. The van der Waals surface area contributed by atoms with Gasteiger partial charge in [0, 0.05) is 39.9 Å². The maximum atomic E-state index is 12.2. The van der Waals surface area contributed by atoms with E-state index in [0.717, 1.165) is 38.3 Å². The van der Waals surface area contributed by atoms with Gasteiger partial charge in [-0.1, -0.05) is 0 Å². The lowest BCUT2D eigenvalue weighted by Crippen LogP contribution is -2.44. The van der Waals surface area contributed by atoms with Crippen molar-refractivity contribution in [1.82, 2.24) is 29.9 Å². The number of urea groups is 1. The van der Waals surface area contributed by atoms with Crippen molar-refractivity contribution in [1.29, 1.82) is 0 Å². The second-order valence-electron chi connectivity index (χ2n) is 5.76. The summed E-state index contributed by atoms with van der Waals surface area (Å²) < 4.78 is 6.99. The molecule has 1 aromatic rings. The van der Waals surface area contributed by atoms with Gasteiger partial charge in [-0.3, -0.25) is 0 Å². The molecule has 0 bridgehead atoms. The second-order valence-corrected chi connectivity index (χ2v) is 5.76. The highest BCUT2D eigenvalue weighted by molar-refractivity contribution is 5.74. The predicted molar refractivity (Wildman–Crippen MR) is 82.4 cm³/mol. The van der Waals surface area contributed by atoms with Gasteiger partial charge in [0.15, 0.2) is 5.82 Å². The molecular formula is C14H26N6O2. The van der Waals surface area contributed by atoms with Crippen LogP contribution in [0.3, 0.4) is 0 Å². The highest BCUT2D eigenvalue weighted by Gasteiger charge is 2.26. The Labute approximate surface area is 131 Å². The summed E-state index contributed by atoms with van der Waals surface area (Å²) in [7, 11) is 5.61. The molecule has 1 N–H and O–H groups in total. The maximum Gasteiger partial charge on any atom is 0.317 e. The molecule has 2 rings (SSSR count). The number of ether oxygens (including phenoxy) is 1. The van der Waals surface area contributed by atoms with E-state index in [9.17, 15) is 4.79 Å². The molecule has 2 amide bonds. The summed E-state index contributed by atoms with van der Waals surface area (Å²) in [5.74, 6) is 0.765. The van der Waals surface area contributed by atoms with Crippen molar-refractivity contribution in [2.45, 2.75) is 32.0 Å². The lowest BCUT2D eigenvalue weighted by Gasteiger charge is -2.24. The van der Waals surface area contributed by atoms with E-state index in [1.807, 2.05) is 11.6 Å². The molecule has 0 aromatic carbocycles. The van der Waals surface area contributed by atoms with Crippen molar-refractivity contribution in [3.63, 3.8) is 0 Å². The Morgan fingerprint density at radius 1 is 1.59 bits per heavy atom. The molecule has 0 radical (unpaired) electrons. The average molecular weight is 310 g/mol. The quantitative estimate of drug-likeness (QED) is 0.726. The van der Waals surface area contributed by atoms with Gasteiger partial charge >= 0.3 is 6.03 Å². The van der Waals surface area contributed by atoms with Crippen LogP contribution >= 0.6 is 0 Å². The van der Waals surface area contributed by atoms with Crippen molar-refractivity contribution < 1.29 is 9.53 Å². The third-order valence-electron chi connectivity index (χ3n) is 4.08. The number of likely N-dealkylation sites (tertiary alicyclic amines) is 1. The summed E-state index contributed by atoms with van der Waals surface area (Å²) in [5, 5.41) is 10.9. The van der Waals surface area contributed by atoms with E-state index >= 15 is 0 Å². The molecule has 8 heteroatoms. The van der Waals surface area contributed by atoms with E-state index < -0.39 is 0 Å². The first kappa shape index (κ1) is 16.7. The van der Waals surface area contributed by atoms with Crippen molar-refractivity contribution in [2.75, 3.05) is 40.9 Å². The van der Waals surface area contributed by atoms with Crippen LogP contribution in [0.5, 0.6) is 0 Å². The molecule has 1 fully saturated rings. The Bertz CT molecular complexity index is 478. The number of carbonyl (C=O) groups is 1. The Morgan fingerprint density at radius 3 is 3.09 bits per heavy atom. The number of aromatic nitrogens is 3. The van der Waals surface area contributed by atoms with E-state index in [1.165, 1.54) is 0 Å². The van der Waals surface area contributed by atoms with E-state index in [1.54, 1.807) is 18.3 Å². The van der Waals surface area contributed by atoms with Crippen LogP contribution < -0.4 is 5.32 Å². The molecule has 0 saturated carbocycles. The Kier molecular flexibility index (Phi) is 6.14. The Hall–Kier alpha value is -1.67. The number of aryl methyl sites for hydroxylation is 1. The minimum absolute atomic E-state index is 0.0632.